The van der Waals surface area contributed by atoms with Gasteiger partial charge in [0.05, 0.1) is 0 Å². The van der Waals surface area contributed by atoms with Crippen LogP contribution in [0.5, 0.6) is 0 Å². The lowest BCUT2D eigenvalue weighted by molar-refractivity contribution is 0.913. The van der Waals surface area contributed by atoms with Gasteiger partial charge in [-0.15, -0.1) is 6.58 Å². The molecule has 0 aliphatic heterocycles. The van der Waals surface area contributed by atoms with E-state index in [0.29, 0.717) is 5.92 Å². The molecule has 0 amide bonds. The predicted molar refractivity (Wildman–Crippen MR) is 79.7 cm³/mol. The third-order valence-corrected chi connectivity index (χ3v) is 2.41. The van der Waals surface area contributed by atoms with Gasteiger partial charge in [0.25, 0.3) is 0 Å². The van der Waals surface area contributed by atoms with Crippen molar-refractivity contribution in [2.45, 2.75) is 33.1 Å². The zero-order valence-corrected chi connectivity index (χ0v) is 11.4. The fourth-order valence-electron chi connectivity index (χ4n) is 1.38. The Morgan fingerprint density at radius 3 is 2.53 bits per heavy atom. The van der Waals surface area contributed by atoms with Gasteiger partial charge in [-0.25, -0.2) is 0 Å². The van der Waals surface area contributed by atoms with E-state index >= 15 is 0 Å². The van der Waals surface area contributed by atoms with Gasteiger partial charge in [0.15, 0.2) is 0 Å². The number of nitrogens with zero attached hydrogens (tertiary/aromatic N) is 1. The summed E-state index contributed by atoms with van der Waals surface area (Å²) in [5.41, 5.74) is 1.39. The van der Waals surface area contributed by atoms with Crippen LogP contribution in [0.2, 0.25) is 0 Å². The van der Waals surface area contributed by atoms with Gasteiger partial charge in [-0.05, 0) is 18.8 Å². The number of aliphatic imine (C=N–C) groups is 1. The number of rotatable bonds is 8. The van der Waals surface area contributed by atoms with E-state index in [0.717, 1.165) is 19.3 Å². The van der Waals surface area contributed by atoms with Crippen molar-refractivity contribution in [3.63, 3.8) is 0 Å². The van der Waals surface area contributed by atoms with E-state index in [2.05, 4.69) is 55.8 Å². The van der Waals surface area contributed by atoms with Crippen LogP contribution in [0, 0.1) is 5.92 Å². The summed E-state index contributed by atoms with van der Waals surface area (Å²) in [6.45, 7) is 8.09. The fourth-order valence-corrected chi connectivity index (χ4v) is 1.38. The quantitative estimate of drug-likeness (QED) is 0.325. The van der Waals surface area contributed by atoms with Gasteiger partial charge in [-0.3, -0.25) is 0 Å². The van der Waals surface area contributed by atoms with Crippen LogP contribution < -0.4 is 0 Å². The molecule has 0 bridgehead atoms. The van der Waals surface area contributed by atoms with Gasteiger partial charge in [0, 0.05) is 19.7 Å². The van der Waals surface area contributed by atoms with Crippen molar-refractivity contribution in [2.24, 2.45) is 10.9 Å². The molecule has 0 saturated heterocycles. The van der Waals surface area contributed by atoms with Crippen molar-refractivity contribution in [1.29, 1.82) is 0 Å². The summed E-state index contributed by atoms with van der Waals surface area (Å²) in [6, 6.07) is 0. The first-order valence-corrected chi connectivity index (χ1v) is 6.29. The first kappa shape index (κ1) is 15.6. The van der Waals surface area contributed by atoms with Crippen LogP contribution >= 0.6 is 0 Å². The largest absolute Gasteiger partial charge is 0.301 e. The maximum Gasteiger partial charge on any atom is 0.0273 e. The van der Waals surface area contributed by atoms with E-state index in [1.54, 1.807) is 0 Å². The molecule has 1 nitrogen and oxygen atoms in total. The number of hydrogen-bond acceptors (Lipinski definition) is 1. The zero-order valence-electron chi connectivity index (χ0n) is 11.4. The summed E-state index contributed by atoms with van der Waals surface area (Å²) < 4.78 is 0. The summed E-state index contributed by atoms with van der Waals surface area (Å²) in [7, 11) is 1.81. The lowest BCUT2D eigenvalue weighted by Gasteiger charge is -2.04. The molecular weight excluding hydrogens is 206 g/mol. The number of hydrogen-bond donors (Lipinski definition) is 0. The monoisotopic (exact) mass is 231 g/mol. The van der Waals surface area contributed by atoms with Crippen molar-refractivity contribution in [3.8, 4) is 0 Å². The molecule has 0 N–H and O–H groups in total. The maximum absolute atomic E-state index is 4.04. The lowest BCUT2D eigenvalue weighted by atomic mass is 10.0. The average molecular weight is 231 g/mol. The predicted octanol–water partition coefficient (Wildman–Crippen LogP) is 4.74. The first-order chi connectivity index (χ1) is 8.24. The Morgan fingerprint density at radius 2 is 1.94 bits per heavy atom. The van der Waals surface area contributed by atoms with Crippen molar-refractivity contribution in [3.05, 3.63) is 48.6 Å². The van der Waals surface area contributed by atoms with Crippen LogP contribution in [-0.4, -0.2) is 13.3 Å². The number of allylic oxidation sites excluding steroid dienone is 7. The summed E-state index contributed by atoms with van der Waals surface area (Å²) in [5, 5.41) is 0. The minimum absolute atomic E-state index is 0.426. The molecule has 17 heavy (non-hydrogen) atoms. The van der Waals surface area contributed by atoms with E-state index < -0.39 is 0 Å². The molecule has 1 unspecified atom stereocenters. The molecule has 0 aromatic rings. The van der Waals surface area contributed by atoms with Crippen LogP contribution in [0.1, 0.15) is 33.1 Å². The molecule has 0 spiro atoms. The SMILES string of the molecule is C=CC(C)/C=C(\CC=NC)C/C=C\C=C/CC. The Labute approximate surface area is 106 Å². The van der Waals surface area contributed by atoms with Gasteiger partial charge in [0.2, 0.25) is 0 Å². The summed E-state index contributed by atoms with van der Waals surface area (Å²) in [5.74, 6) is 0.426. The van der Waals surface area contributed by atoms with Crippen LogP contribution in [0.15, 0.2) is 53.6 Å². The topological polar surface area (TPSA) is 12.4 Å². The second-order valence-corrected chi connectivity index (χ2v) is 4.03. The Hall–Kier alpha value is -1.37. The third kappa shape index (κ3) is 9.55. The van der Waals surface area contributed by atoms with E-state index in [4.69, 9.17) is 0 Å². The van der Waals surface area contributed by atoms with Gasteiger partial charge >= 0.3 is 0 Å². The van der Waals surface area contributed by atoms with Gasteiger partial charge in [0.1, 0.15) is 0 Å². The molecule has 0 rings (SSSR count). The molecule has 0 aromatic heterocycles. The van der Waals surface area contributed by atoms with E-state index in [1.807, 2.05) is 19.3 Å². The molecule has 0 aliphatic carbocycles. The van der Waals surface area contributed by atoms with Gasteiger partial charge in [-0.1, -0.05) is 55.9 Å². The third-order valence-electron chi connectivity index (χ3n) is 2.41. The molecule has 94 valence electrons. The van der Waals surface area contributed by atoms with Crippen LogP contribution in [-0.2, 0) is 0 Å². The van der Waals surface area contributed by atoms with E-state index in [-0.39, 0.29) is 0 Å². The summed E-state index contributed by atoms with van der Waals surface area (Å²) in [6.07, 6.45) is 17.7. The fraction of sp³-hybridized carbons (Fsp3) is 0.438. The van der Waals surface area contributed by atoms with Crippen LogP contribution in [0.25, 0.3) is 0 Å². The van der Waals surface area contributed by atoms with Gasteiger partial charge < -0.3 is 4.99 Å². The second-order valence-electron chi connectivity index (χ2n) is 4.03. The normalized spacial score (nSPS) is 15.1. The smallest absolute Gasteiger partial charge is 0.0273 e. The Kier molecular flexibility index (Phi) is 10.2. The molecule has 1 heteroatoms. The standard InChI is InChI=1S/C16H25N/c1-5-7-8-9-10-11-16(12-13-17-4)14-15(3)6-2/h6-10,13-15H,2,5,11-12H2,1,3-4H3/b8-7-,10-9-,16-14-,17-13?. The summed E-state index contributed by atoms with van der Waals surface area (Å²) >= 11 is 0. The minimum Gasteiger partial charge on any atom is -0.301 e. The van der Waals surface area contributed by atoms with Crippen molar-refractivity contribution >= 4 is 6.21 Å². The molecule has 1 atom stereocenters. The Bertz CT molecular complexity index is 305. The Balaban J connectivity index is 4.38. The molecule has 0 fully saturated rings. The molecule has 0 aliphatic rings. The average Bonchev–Trinajstić information content (AvgIpc) is 2.35. The van der Waals surface area contributed by atoms with Crippen molar-refractivity contribution < 1.29 is 0 Å². The van der Waals surface area contributed by atoms with Crippen LogP contribution in [0.3, 0.4) is 0 Å². The molecule has 0 heterocycles. The van der Waals surface area contributed by atoms with Crippen molar-refractivity contribution in [2.75, 3.05) is 7.05 Å². The minimum atomic E-state index is 0.426. The highest BCUT2D eigenvalue weighted by atomic mass is 14.6. The van der Waals surface area contributed by atoms with Gasteiger partial charge in [-0.2, -0.15) is 0 Å². The Morgan fingerprint density at radius 1 is 1.24 bits per heavy atom. The molecule has 0 radical (unpaired) electrons. The van der Waals surface area contributed by atoms with Crippen LogP contribution in [0.4, 0.5) is 0 Å². The van der Waals surface area contributed by atoms with Crippen molar-refractivity contribution in [1.82, 2.24) is 0 Å². The maximum atomic E-state index is 4.04. The molecule has 0 saturated carbocycles. The zero-order chi connectivity index (χ0) is 12.9. The highest BCUT2D eigenvalue weighted by molar-refractivity contribution is 5.61. The highest BCUT2D eigenvalue weighted by Crippen LogP contribution is 2.12. The molecular formula is C16H25N. The van der Waals surface area contributed by atoms with E-state index in [9.17, 15) is 0 Å². The second kappa shape index (κ2) is 11.1. The first-order valence-electron chi connectivity index (χ1n) is 6.29. The summed E-state index contributed by atoms with van der Waals surface area (Å²) in [4.78, 5) is 4.04. The lowest BCUT2D eigenvalue weighted by Crippen LogP contribution is -1.89. The van der Waals surface area contributed by atoms with E-state index in [1.165, 1.54) is 5.57 Å². The highest BCUT2D eigenvalue weighted by Gasteiger charge is 1.96. The molecule has 0 aromatic carbocycles.